The van der Waals surface area contributed by atoms with Crippen molar-refractivity contribution in [2.75, 3.05) is 39.8 Å². The van der Waals surface area contributed by atoms with Gasteiger partial charge in [-0.2, -0.15) is 0 Å². The number of nitrogens with one attached hydrogen (secondary N) is 1. The Kier molecular flexibility index (Phi) is 4.16. The van der Waals surface area contributed by atoms with Gasteiger partial charge < -0.3 is 20.2 Å². The SMILES string of the molecule is CCNCC(O)CN1CCN(C)C1=O. The molecule has 1 saturated heterocycles. The van der Waals surface area contributed by atoms with Crippen molar-refractivity contribution >= 4 is 6.03 Å². The summed E-state index contributed by atoms with van der Waals surface area (Å²) >= 11 is 0. The number of carbonyl (C=O) groups is 1. The first-order valence-corrected chi connectivity index (χ1v) is 5.04. The number of aliphatic hydroxyl groups is 1. The fourth-order valence-corrected chi connectivity index (χ4v) is 1.50. The van der Waals surface area contributed by atoms with Crippen LogP contribution in [0.4, 0.5) is 4.79 Å². The molecule has 2 amide bonds. The first-order valence-electron chi connectivity index (χ1n) is 5.04. The summed E-state index contributed by atoms with van der Waals surface area (Å²) in [5, 5.41) is 12.6. The van der Waals surface area contributed by atoms with Gasteiger partial charge in [0.25, 0.3) is 0 Å². The molecule has 0 aromatic carbocycles. The molecule has 0 bridgehead atoms. The summed E-state index contributed by atoms with van der Waals surface area (Å²) in [4.78, 5) is 14.8. The minimum absolute atomic E-state index is 0.0144. The van der Waals surface area contributed by atoms with Gasteiger partial charge in [-0.25, -0.2) is 4.79 Å². The van der Waals surface area contributed by atoms with Crippen LogP contribution in [0.25, 0.3) is 0 Å². The Hall–Kier alpha value is -0.810. The molecule has 0 radical (unpaired) electrons. The van der Waals surface area contributed by atoms with Crippen molar-refractivity contribution in [2.45, 2.75) is 13.0 Å². The molecule has 0 aromatic rings. The van der Waals surface area contributed by atoms with E-state index < -0.39 is 6.10 Å². The Morgan fingerprint density at radius 2 is 2.29 bits per heavy atom. The van der Waals surface area contributed by atoms with Gasteiger partial charge in [0.1, 0.15) is 0 Å². The van der Waals surface area contributed by atoms with Crippen LogP contribution in [0.15, 0.2) is 0 Å². The number of carbonyl (C=O) groups excluding carboxylic acids is 1. The standard InChI is InChI=1S/C9H19N3O2/c1-3-10-6-8(13)7-12-5-4-11(2)9(12)14/h8,10,13H,3-7H2,1-2H3. The lowest BCUT2D eigenvalue weighted by Crippen LogP contribution is -2.40. The zero-order valence-corrected chi connectivity index (χ0v) is 8.86. The quantitative estimate of drug-likeness (QED) is 0.620. The highest BCUT2D eigenvalue weighted by Crippen LogP contribution is 2.06. The Morgan fingerprint density at radius 3 is 2.79 bits per heavy atom. The van der Waals surface area contributed by atoms with Crippen molar-refractivity contribution in [1.82, 2.24) is 15.1 Å². The second kappa shape index (κ2) is 5.17. The van der Waals surface area contributed by atoms with Gasteiger partial charge in [-0.3, -0.25) is 0 Å². The van der Waals surface area contributed by atoms with E-state index in [4.69, 9.17) is 0 Å². The number of hydrogen-bond donors (Lipinski definition) is 2. The highest BCUT2D eigenvalue weighted by Gasteiger charge is 2.26. The average molecular weight is 201 g/mol. The van der Waals surface area contributed by atoms with Crippen LogP contribution in [0, 0.1) is 0 Å². The molecule has 1 rings (SSSR count). The number of hydrogen-bond acceptors (Lipinski definition) is 3. The number of aliphatic hydroxyl groups excluding tert-OH is 1. The van der Waals surface area contributed by atoms with E-state index >= 15 is 0 Å². The Bertz CT molecular complexity index is 198. The number of β-amino-alcohol motifs (C(OH)–C–C–N with tert-alkyl or cyclic N) is 1. The van der Waals surface area contributed by atoms with Gasteiger partial charge in [-0.1, -0.05) is 6.92 Å². The second-order valence-electron chi connectivity index (χ2n) is 3.61. The number of rotatable bonds is 5. The average Bonchev–Trinajstić information content (AvgIpc) is 2.46. The lowest BCUT2D eigenvalue weighted by atomic mass is 10.3. The van der Waals surface area contributed by atoms with E-state index in [0.717, 1.165) is 19.6 Å². The van der Waals surface area contributed by atoms with Crippen LogP contribution in [-0.4, -0.2) is 66.8 Å². The van der Waals surface area contributed by atoms with Crippen molar-refractivity contribution in [2.24, 2.45) is 0 Å². The third kappa shape index (κ3) is 2.85. The van der Waals surface area contributed by atoms with Crippen molar-refractivity contribution in [3.63, 3.8) is 0 Å². The van der Waals surface area contributed by atoms with E-state index in [1.54, 1.807) is 16.8 Å². The van der Waals surface area contributed by atoms with Gasteiger partial charge in [0.2, 0.25) is 0 Å². The van der Waals surface area contributed by atoms with Crippen molar-refractivity contribution in [3.8, 4) is 0 Å². The Balaban J connectivity index is 2.26. The van der Waals surface area contributed by atoms with E-state index in [2.05, 4.69) is 5.32 Å². The summed E-state index contributed by atoms with van der Waals surface area (Å²) in [6, 6.07) is 0.0144. The zero-order valence-electron chi connectivity index (χ0n) is 8.86. The first-order chi connectivity index (χ1) is 6.65. The topological polar surface area (TPSA) is 55.8 Å². The maximum Gasteiger partial charge on any atom is 0.319 e. The Morgan fingerprint density at radius 1 is 1.57 bits per heavy atom. The highest BCUT2D eigenvalue weighted by molar-refractivity contribution is 5.76. The van der Waals surface area contributed by atoms with Crippen LogP contribution in [-0.2, 0) is 0 Å². The zero-order chi connectivity index (χ0) is 10.6. The predicted octanol–water partition coefficient (Wildman–Crippen LogP) is -0.676. The van der Waals surface area contributed by atoms with Crippen LogP contribution in [0.1, 0.15) is 6.92 Å². The predicted molar refractivity (Wildman–Crippen MR) is 54.1 cm³/mol. The highest BCUT2D eigenvalue weighted by atomic mass is 16.3. The molecule has 1 unspecified atom stereocenters. The maximum atomic E-state index is 11.4. The van der Waals surface area contributed by atoms with E-state index in [9.17, 15) is 9.90 Å². The molecular weight excluding hydrogens is 182 g/mol. The molecule has 1 fully saturated rings. The fourth-order valence-electron chi connectivity index (χ4n) is 1.50. The molecule has 14 heavy (non-hydrogen) atoms. The summed E-state index contributed by atoms with van der Waals surface area (Å²) in [5.74, 6) is 0. The lowest BCUT2D eigenvalue weighted by molar-refractivity contribution is 0.127. The van der Waals surface area contributed by atoms with Crippen molar-refractivity contribution in [1.29, 1.82) is 0 Å². The van der Waals surface area contributed by atoms with Crippen molar-refractivity contribution < 1.29 is 9.90 Å². The molecule has 0 aliphatic carbocycles. The molecule has 82 valence electrons. The molecule has 5 heteroatoms. The molecular formula is C9H19N3O2. The van der Waals surface area contributed by atoms with E-state index in [1.165, 1.54) is 0 Å². The normalized spacial score (nSPS) is 19.2. The number of likely N-dealkylation sites (N-methyl/N-ethyl adjacent to an activating group) is 2. The van der Waals surface area contributed by atoms with Gasteiger partial charge in [0.05, 0.1) is 6.10 Å². The van der Waals surface area contributed by atoms with Gasteiger partial charge in [-0.05, 0) is 6.54 Å². The summed E-state index contributed by atoms with van der Waals surface area (Å²) in [6.07, 6.45) is -0.467. The third-order valence-corrected chi connectivity index (χ3v) is 2.36. The van der Waals surface area contributed by atoms with E-state index in [1.807, 2.05) is 6.92 Å². The minimum atomic E-state index is -0.467. The van der Waals surface area contributed by atoms with Crippen LogP contribution in [0.5, 0.6) is 0 Å². The van der Waals surface area contributed by atoms with Crippen molar-refractivity contribution in [3.05, 3.63) is 0 Å². The molecule has 1 atom stereocenters. The molecule has 0 spiro atoms. The molecule has 0 aromatic heterocycles. The molecule has 1 aliphatic heterocycles. The summed E-state index contributed by atoms with van der Waals surface area (Å²) in [6.45, 7) is 5.28. The molecule has 1 heterocycles. The Labute approximate surface area is 84.7 Å². The van der Waals surface area contributed by atoms with Gasteiger partial charge >= 0.3 is 6.03 Å². The van der Waals surface area contributed by atoms with Crippen LogP contribution in [0.2, 0.25) is 0 Å². The van der Waals surface area contributed by atoms with Crippen LogP contribution >= 0.6 is 0 Å². The molecule has 2 N–H and O–H groups in total. The summed E-state index contributed by atoms with van der Waals surface area (Å²) in [7, 11) is 1.78. The van der Waals surface area contributed by atoms with Gasteiger partial charge in [-0.15, -0.1) is 0 Å². The van der Waals surface area contributed by atoms with E-state index in [0.29, 0.717) is 13.1 Å². The monoisotopic (exact) mass is 201 g/mol. The molecule has 5 nitrogen and oxygen atoms in total. The van der Waals surface area contributed by atoms with E-state index in [-0.39, 0.29) is 6.03 Å². The van der Waals surface area contributed by atoms with Crippen LogP contribution < -0.4 is 5.32 Å². The maximum absolute atomic E-state index is 11.4. The molecule has 0 saturated carbocycles. The minimum Gasteiger partial charge on any atom is -0.390 e. The van der Waals surface area contributed by atoms with Crippen LogP contribution in [0.3, 0.4) is 0 Å². The first kappa shape index (κ1) is 11.3. The van der Waals surface area contributed by atoms with Gasteiger partial charge in [0, 0.05) is 33.2 Å². The van der Waals surface area contributed by atoms with Gasteiger partial charge in [0.15, 0.2) is 0 Å². The second-order valence-corrected chi connectivity index (χ2v) is 3.61. The lowest BCUT2D eigenvalue weighted by Gasteiger charge is -2.19. The fraction of sp³-hybridized carbons (Fsp3) is 0.889. The molecule has 1 aliphatic rings. The third-order valence-electron chi connectivity index (χ3n) is 2.36. The number of nitrogens with zero attached hydrogens (tertiary/aromatic N) is 2. The number of amides is 2. The summed E-state index contributed by atoms with van der Waals surface area (Å²) < 4.78 is 0. The smallest absolute Gasteiger partial charge is 0.319 e. The largest absolute Gasteiger partial charge is 0.390 e. The summed E-state index contributed by atoms with van der Waals surface area (Å²) in [5.41, 5.74) is 0. The number of urea groups is 1.